The number of aliphatic carboxylic acids is 1. The SMILES string of the molecule is CC1(C(=O)O)CCN(C(=O)Nc2ncc(C3CCCCC3)s2)C1. The number of hydrogen-bond donors (Lipinski definition) is 2. The lowest BCUT2D eigenvalue weighted by Crippen LogP contribution is -2.37. The second kappa shape index (κ2) is 6.47. The summed E-state index contributed by atoms with van der Waals surface area (Å²) in [6.45, 7) is 2.40. The van der Waals surface area contributed by atoms with Crippen LogP contribution in [-0.4, -0.2) is 40.1 Å². The van der Waals surface area contributed by atoms with Crippen molar-refractivity contribution in [2.45, 2.75) is 51.4 Å². The first-order chi connectivity index (χ1) is 11.0. The molecule has 2 amide bonds. The Labute approximate surface area is 139 Å². The highest BCUT2D eigenvalue weighted by atomic mass is 32.1. The van der Waals surface area contributed by atoms with E-state index in [2.05, 4.69) is 10.3 Å². The largest absolute Gasteiger partial charge is 0.481 e. The summed E-state index contributed by atoms with van der Waals surface area (Å²) in [5, 5.41) is 12.7. The lowest BCUT2D eigenvalue weighted by Gasteiger charge is -2.20. The van der Waals surface area contributed by atoms with Gasteiger partial charge in [0, 0.05) is 24.2 Å². The lowest BCUT2D eigenvalue weighted by molar-refractivity contribution is -0.146. The number of rotatable bonds is 3. The molecule has 0 spiro atoms. The number of carboxylic acids is 1. The molecule has 2 aliphatic rings. The summed E-state index contributed by atoms with van der Waals surface area (Å²) in [6.07, 6.45) is 8.63. The number of carbonyl (C=O) groups excluding carboxylic acids is 1. The minimum absolute atomic E-state index is 0.245. The molecule has 1 aromatic heterocycles. The van der Waals surface area contributed by atoms with E-state index in [0.717, 1.165) is 0 Å². The predicted octanol–water partition coefficient (Wildman–Crippen LogP) is 3.52. The van der Waals surface area contributed by atoms with E-state index in [-0.39, 0.29) is 12.6 Å². The van der Waals surface area contributed by atoms with Crippen LogP contribution in [0.25, 0.3) is 0 Å². The van der Waals surface area contributed by atoms with Gasteiger partial charge in [0.1, 0.15) is 0 Å². The van der Waals surface area contributed by atoms with Gasteiger partial charge in [0.25, 0.3) is 0 Å². The van der Waals surface area contributed by atoms with Crippen LogP contribution in [0, 0.1) is 5.41 Å². The minimum Gasteiger partial charge on any atom is -0.481 e. The molecule has 1 aliphatic heterocycles. The standard InChI is InChI=1S/C16H23N3O3S/c1-16(13(20)21)7-8-19(10-16)15(22)18-14-17-9-12(23-14)11-5-3-2-4-6-11/h9,11H,2-8,10H2,1H3,(H,20,21)(H,17,18,22). The summed E-state index contributed by atoms with van der Waals surface area (Å²) in [6, 6.07) is -0.250. The highest BCUT2D eigenvalue weighted by molar-refractivity contribution is 7.15. The second-order valence-electron chi connectivity index (χ2n) is 6.87. The van der Waals surface area contributed by atoms with Gasteiger partial charge in [-0.1, -0.05) is 19.3 Å². The average molecular weight is 337 g/mol. The molecular weight excluding hydrogens is 314 g/mol. The van der Waals surface area contributed by atoms with Crippen molar-refractivity contribution in [1.82, 2.24) is 9.88 Å². The summed E-state index contributed by atoms with van der Waals surface area (Å²) >= 11 is 1.55. The zero-order chi connectivity index (χ0) is 16.4. The van der Waals surface area contributed by atoms with Gasteiger partial charge < -0.3 is 10.0 Å². The van der Waals surface area contributed by atoms with Crippen LogP contribution in [0.2, 0.25) is 0 Å². The Morgan fingerprint density at radius 3 is 2.78 bits per heavy atom. The highest BCUT2D eigenvalue weighted by Crippen LogP contribution is 2.37. The van der Waals surface area contributed by atoms with Gasteiger partial charge in [0.05, 0.1) is 5.41 Å². The molecule has 1 saturated heterocycles. The number of likely N-dealkylation sites (tertiary alicyclic amines) is 1. The number of hydrogen-bond acceptors (Lipinski definition) is 4. The Kier molecular flexibility index (Phi) is 4.57. The van der Waals surface area contributed by atoms with Crippen molar-refractivity contribution < 1.29 is 14.7 Å². The highest BCUT2D eigenvalue weighted by Gasteiger charge is 2.42. The molecule has 1 aliphatic carbocycles. The van der Waals surface area contributed by atoms with Crippen molar-refractivity contribution in [3.63, 3.8) is 0 Å². The zero-order valence-corrected chi connectivity index (χ0v) is 14.2. The van der Waals surface area contributed by atoms with Crippen LogP contribution in [0.1, 0.15) is 56.2 Å². The van der Waals surface area contributed by atoms with E-state index >= 15 is 0 Å². The minimum atomic E-state index is -0.846. The summed E-state index contributed by atoms with van der Waals surface area (Å²) in [7, 11) is 0. The molecule has 3 rings (SSSR count). The van der Waals surface area contributed by atoms with Gasteiger partial charge in [0.15, 0.2) is 5.13 Å². The summed E-state index contributed by atoms with van der Waals surface area (Å²) in [5.74, 6) is -0.268. The number of aromatic nitrogens is 1. The molecule has 0 aromatic carbocycles. The Morgan fingerprint density at radius 1 is 1.39 bits per heavy atom. The van der Waals surface area contributed by atoms with E-state index < -0.39 is 11.4 Å². The molecule has 2 fully saturated rings. The van der Waals surface area contributed by atoms with Gasteiger partial charge in [-0.25, -0.2) is 9.78 Å². The van der Waals surface area contributed by atoms with Gasteiger partial charge in [-0.05, 0) is 32.1 Å². The molecule has 1 unspecified atom stereocenters. The third-order valence-electron chi connectivity index (χ3n) is 5.02. The number of carbonyl (C=O) groups is 2. The quantitative estimate of drug-likeness (QED) is 0.884. The van der Waals surface area contributed by atoms with Gasteiger partial charge in [0.2, 0.25) is 0 Å². The fourth-order valence-electron chi connectivity index (χ4n) is 3.40. The van der Waals surface area contributed by atoms with Crippen molar-refractivity contribution in [1.29, 1.82) is 0 Å². The number of amides is 2. The average Bonchev–Trinajstić information content (AvgIpc) is 3.16. The fraction of sp³-hybridized carbons (Fsp3) is 0.688. The molecule has 126 valence electrons. The van der Waals surface area contributed by atoms with E-state index in [0.29, 0.717) is 24.0 Å². The van der Waals surface area contributed by atoms with Gasteiger partial charge in [-0.15, -0.1) is 11.3 Å². The van der Waals surface area contributed by atoms with E-state index in [1.807, 2.05) is 6.20 Å². The summed E-state index contributed by atoms with van der Waals surface area (Å²) in [5.41, 5.74) is -0.840. The van der Waals surface area contributed by atoms with E-state index in [1.165, 1.54) is 37.0 Å². The van der Waals surface area contributed by atoms with Crippen LogP contribution in [-0.2, 0) is 4.79 Å². The molecule has 7 heteroatoms. The van der Waals surface area contributed by atoms with Gasteiger partial charge in [-0.2, -0.15) is 0 Å². The third kappa shape index (κ3) is 3.49. The van der Waals surface area contributed by atoms with Crippen LogP contribution in [0.3, 0.4) is 0 Å². The lowest BCUT2D eigenvalue weighted by atomic mass is 9.89. The Balaban J connectivity index is 1.58. The topological polar surface area (TPSA) is 82.5 Å². The first kappa shape index (κ1) is 16.2. The number of nitrogens with one attached hydrogen (secondary N) is 1. The maximum atomic E-state index is 12.3. The summed E-state index contributed by atoms with van der Waals surface area (Å²) < 4.78 is 0. The maximum Gasteiger partial charge on any atom is 0.323 e. The first-order valence-electron chi connectivity index (χ1n) is 8.23. The number of thiazole rings is 1. The smallest absolute Gasteiger partial charge is 0.323 e. The number of carboxylic acid groups (broad SMARTS) is 1. The number of nitrogens with zero attached hydrogens (tertiary/aromatic N) is 2. The van der Waals surface area contributed by atoms with Crippen LogP contribution < -0.4 is 5.32 Å². The van der Waals surface area contributed by atoms with Crippen molar-refractivity contribution >= 4 is 28.5 Å². The van der Waals surface area contributed by atoms with Crippen LogP contribution in [0.15, 0.2) is 6.20 Å². The Hall–Kier alpha value is -1.63. The molecule has 6 nitrogen and oxygen atoms in total. The molecule has 1 atom stereocenters. The third-order valence-corrected chi connectivity index (χ3v) is 6.10. The van der Waals surface area contributed by atoms with Crippen molar-refractivity contribution in [3.05, 3.63) is 11.1 Å². The summed E-state index contributed by atoms with van der Waals surface area (Å²) in [4.78, 5) is 30.7. The van der Waals surface area contributed by atoms with Crippen molar-refractivity contribution in [2.75, 3.05) is 18.4 Å². The molecule has 1 aromatic rings. The van der Waals surface area contributed by atoms with E-state index in [9.17, 15) is 14.7 Å². The molecule has 1 saturated carbocycles. The molecular formula is C16H23N3O3S. The molecule has 23 heavy (non-hydrogen) atoms. The van der Waals surface area contributed by atoms with E-state index in [1.54, 1.807) is 23.2 Å². The fourth-order valence-corrected chi connectivity index (χ4v) is 4.37. The molecule has 2 heterocycles. The number of anilines is 1. The van der Waals surface area contributed by atoms with Gasteiger partial charge in [-0.3, -0.25) is 10.1 Å². The van der Waals surface area contributed by atoms with E-state index in [4.69, 9.17) is 0 Å². The van der Waals surface area contributed by atoms with Gasteiger partial charge >= 0.3 is 12.0 Å². The Bertz CT molecular complexity index is 597. The number of urea groups is 1. The van der Waals surface area contributed by atoms with Crippen molar-refractivity contribution in [3.8, 4) is 0 Å². The molecule has 2 N–H and O–H groups in total. The zero-order valence-electron chi connectivity index (χ0n) is 13.4. The predicted molar refractivity (Wildman–Crippen MR) is 88.9 cm³/mol. The second-order valence-corrected chi connectivity index (χ2v) is 7.93. The van der Waals surface area contributed by atoms with Crippen molar-refractivity contribution in [2.24, 2.45) is 5.41 Å². The Morgan fingerprint density at radius 2 is 2.13 bits per heavy atom. The first-order valence-corrected chi connectivity index (χ1v) is 9.05. The molecule has 0 radical (unpaired) electrons. The van der Waals surface area contributed by atoms with Crippen LogP contribution in [0.4, 0.5) is 9.93 Å². The molecule has 0 bridgehead atoms. The maximum absolute atomic E-state index is 12.3. The van der Waals surface area contributed by atoms with Crippen LogP contribution >= 0.6 is 11.3 Å². The monoisotopic (exact) mass is 337 g/mol. The van der Waals surface area contributed by atoms with Crippen LogP contribution in [0.5, 0.6) is 0 Å². The normalized spacial score (nSPS) is 25.5.